The van der Waals surface area contributed by atoms with Crippen LogP contribution in [-0.4, -0.2) is 17.9 Å². The van der Waals surface area contributed by atoms with Crippen molar-refractivity contribution in [3.63, 3.8) is 0 Å². The summed E-state index contributed by atoms with van der Waals surface area (Å²) in [6.45, 7) is 3.97. The van der Waals surface area contributed by atoms with E-state index in [-0.39, 0.29) is 11.8 Å². The van der Waals surface area contributed by atoms with Gasteiger partial charge in [0.05, 0.1) is 0 Å². The zero-order chi connectivity index (χ0) is 16.4. The van der Waals surface area contributed by atoms with Crippen molar-refractivity contribution in [3.05, 3.63) is 64.7 Å². The second kappa shape index (κ2) is 6.24. The highest BCUT2D eigenvalue weighted by molar-refractivity contribution is 6.06. The Kier molecular flexibility index (Phi) is 4.15. The van der Waals surface area contributed by atoms with E-state index in [1.807, 2.05) is 32.0 Å². The molecule has 0 aromatic heterocycles. The van der Waals surface area contributed by atoms with Crippen molar-refractivity contribution in [1.82, 2.24) is 5.32 Å². The third kappa shape index (κ3) is 3.77. The molecule has 2 N–H and O–H groups in total. The standard InChI is InChI=1S/C19H20N2O2/c1-12-6-9-17(13(2)10-12)21-19(23)15-5-3-4-14(11-15)18(22)20-16-7-8-16/h3-6,9-11,16H,7-8H2,1-2H3,(H,20,22)(H,21,23). The van der Waals surface area contributed by atoms with Crippen molar-refractivity contribution in [2.45, 2.75) is 32.7 Å². The normalized spacial score (nSPS) is 13.5. The number of carbonyl (C=O) groups is 2. The van der Waals surface area contributed by atoms with Crippen LogP contribution in [0.15, 0.2) is 42.5 Å². The summed E-state index contributed by atoms with van der Waals surface area (Å²) in [7, 11) is 0. The number of rotatable bonds is 4. The average molecular weight is 308 g/mol. The molecule has 1 aliphatic carbocycles. The van der Waals surface area contributed by atoms with E-state index in [2.05, 4.69) is 10.6 Å². The number of hydrogen-bond acceptors (Lipinski definition) is 2. The first-order valence-corrected chi connectivity index (χ1v) is 7.82. The molecule has 0 heterocycles. The zero-order valence-electron chi connectivity index (χ0n) is 13.3. The fourth-order valence-electron chi connectivity index (χ4n) is 2.45. The minimum Gasteiger partial charge on any atom is -0.349 e. The van der Waals surface area contributed by atoms with E-state index in [0.29, 0.717) is 17.2 Å². The predicted molar refractivity (Wildman–Crippen MR) is 90.8 cm³/mol. The second-order valence-electron chi connectivity index (χ2n) is 6.10. The van der Waals surface area contributed by atoms with E-state index in [4.69, 9.17) is 0 Å². The molecular formula is C19H20N2O2. The Bertz CT molecular complexity index is 764. The number of amides is 2. The molecule has 0 aliphatic heterocycles. The second-order valence-corrected chi connectivity index (χ2v) is 6.10. The van der Waals surface area contributed by atoms with Crippen LogP contribution in [0.25, 0.3) is 0 Å². The Morgan fingerprint density at radius 3 is 2.30 bits per heavy atom. The lowest BCUT2D eigenvalue weighted by molar-refractivity contribution is 0.0951. The maximum absolute atomic E-state index is 12.4. The smallest absolute Gasteiger partial charge is 0.255 e. The van der Waals surface area contributed by atoms with E-state index >= 15 is 0 Å². The summed E-state index contributed by atoms with van der Waals surface area (Å²) in [6, 6.07) is 13.0. The summed E-state index contributed by atoms with van der Waals surface area (Å²) in [5.74, 6) is -0.327. The predicted octanol–water partition coefficient (Wildman–Crippen LogP) is 3.45. The Balaban J connectivity index is 1.75. The summed E-state index contributed by atoms with van der Waals surface area (Å²) in [5.41, 5.74) is 3.95. The Labute approximate surface area is 135 Å². The molecule has 2 amide bonds. The first-order valence-electron chi connectivity index (χ1n) is 7.82. The molecule has 0 spiro atoms. The van der Waals surface area contributed by atoms with Crippen molar-refractivity contribution in [2.24, 2.45) is 0 Å². The summed E-state index contributed by atoms with van der Waals surface area (Å²) in [5, 5.41) is 5.83. The van der Waals surface area contributed by atoms with Crippen molar-refractivity contribution < 1.29 is 9.59 Å². The molecular weight excluding hydrogens is 288 g/mol. The van der Waals surface area contributed by atoms with Crippen molar-refractivity contribution >= 4 is 17.5 Å². The van der Waals surface area contributed by atoms with Gasteiger partial charge in [-0.2, -0.15) is 0 Å². The average Bonchev–Trinajstić information content (AvgIpc) is 3.34. The highest BCUT2D eigenvalue weighted by Crippen LogP contribution is 2.20. The lowest BCUT2D eigenvalue weighted by Gasteiger charge is -2.10. The van der Waals surface area contributed by atoms with Gasteiger partial charge in [0.2, 0.25) is 0 Å². The monoisotopic (exact) mass is 308 g/mol. The van der Waals surface area contributed by atoms with E-state index in [1.54, 1.807) is 24.3 Å². The molecule has 1 fully saturated rings. The van der Waals surface area contributed by atoms with Gasteiger partial charge in [0.1, 0.15) is 0 Å². The van der Waals surface area contributed by atoms with Gasteiger partial charge in [0, 0.05) is 22.9 Å². The maximum Gasteiger partial charge on any atom is 0.255 e. The lowest BCUT2D eigenvalue weighted by atomic mass is 10.1. The van der Waals surface area contributed by atoms with Crippen LogP contribution in [0.2, 0.25) is 0 Å². The Morgan fingerprint density at radius 1 is 0.957 bits per heavy atom. The number of hydrogen-bond donors (Lipinski definition) is 2. The van der Waals surface area contributed by atoms with Crippen LogP contribution in [0.1, 0.15) is 44.7 Å². The van der Waals surface area contributed by atoms with Crippen LogP contribution < -0.4 is 10.6 Å². The van der Waals surface area contributed by atoms with Gasteiger partial charge < -0.3 is 10.6 Å². The Morgan fingerprint density at radius 2 is 1.65 bits per heavy atom. The molecule has 0 saturated heterocycles. The van der Waals surface area contributed by atoms with Gasteiger partial charge in [-0.3, -0.25) is 9.59 Å². The van der Waals surface area contributed by atoms with Gasteiger partial charge in [-0.05, 0) is 56.5 Å². The molecule has 118 valence electrons. The van der Waals surface area contributed by atoms with Crippen molar-refractivity contribution in [2.75, 3.05) is 5.32 Å². The number of nitrogens with one attached hydrogen (secondary N) is 2. The number of benzene rings is 2. The molecule has 1 saturated carbocycles. The number of anilines is 1. The fraction of sp³-hybridized carbons (Fsp3) is 0.263. The topological polar surface area (TPSA) is 58.2 Å². The molecule has 3 rings (SSSR count). The van der Waals surface area contributed by atoms with Gasteiger partial charge >= 0.3 is 0 Å². The van der Waals surface area contributed by atoms with Gasteiger partial charge in [0.15, 0.2) is 0 Å². The molecule has 0 radical (unpaired) electrons. The molecule has 4 heteroatoms. The summed E-state index contributed by atoms with van der Waals surface area (Å²) in [4.78, 5) is 24.5. The lowest BCUT2D eigenvalue weighted by Crippen LogP contribution is -2.25. The summed E-state index contributed by atoms with van der Waals surface area (Å²) >= 11 is 0. The van der Waals surface area contributed by atoms with E-state index in [9.17, 15) is 9.59 Å². The van der Waals surface area contributed by atoms with Gasteiger partial charge in [-0.1, -0.05) is 23.8 Å². The maximum atomic E-state index is 12.4. The van der Waals surface area contributed by atoms with E-state index in [1.165, 1.54) is 0 Å². The van der Waals surface area contributed by atoms with Gasteiger partial charge in [0.25, 0.3) is 11.8 Å². The van der Waals surface area contributed by atoms with Crippen LogP contribution in [0, 0.1) is 13.8 Å². The summed E-state index contributed by atoms with van der Waals surface area (Å²) < 4.78 is 0. The fourth-order valence-corrected chi connectivity index (χ4v) is 2.45. The van der Waals surface area contributed by atoms with Crippen LogP contribution in [0.5, 0.6) is 0 Å². The molecule has 0 unspecified atom stereocenters. The molecule has 23 heavy (non-hydrogen) atoms. The van der Waals surface area contributed by atoms with Crippen molar-refractivity contribution in [1.29, 1.82) is 0 Å². The molecule has 1 aliphatic rings. The first-order chi connectivity index (χ1) is 11.0. The molecule has 2 aromatic carbocycles. The minimum absolute atomic E-state index is 0.117. The van der Waals surface area contributed by atoms with Crippen LogP contribution >= 0.6 is 0 Å². The van der Waals surface area contributed by atoms with Crippen LogP contribution in [0.4, 0.5) is 5.69 Å². The van der Waals surface area contributed by atoms with Crippen molar-refractivity contribution in [3.8, 4) is 0 Å². The highest BCUT2D eigenvalue weighted by Gasteiger charge is 2.24. The quantitative estimate of drug-likeness (QED) is 0.909. The Hall–Kier alpha value is -2.62. The molecule has 2 aromatic rings. The van der Waals surface area contributed by atoms with E-state index in [0.717, 1.165) is 29.7 Å². The molecule has 0 bridgehead atoms. The first kappa shape index (κ1) is 15.3. The largest absolute Gasteiger partial charge is 0.349 e. The van der Waals surface area contributed by atoms with Gasteiger partial charge in [-0.25, -0.2) is 0 Å². The third-order valence-corrected chi connectivity index (χ3v) is 3.93. The SMILES string of the molecule is Cc1ccc(NC(=O)c2cccc(C(=O)NC3CC3)c2)c(C)c1. The number of carbonyl (C=O) groups excluding carboxylic acids is 2. The highest BCUT2D eigenvalue weighted by atomic mass is 16.2. The molecule has 4 nitrogen and oxygen atoms in total. The molecule has 0 atom stereocenters. The minimum atomic E-state index is -0.210. The van der Waals surface area contributed by atoms with Gasteiger partial charge in [-0.15, -0.1) is 0 Å². The van der Waals surface area contributed by atoms with Crippen LogP contribution in [-0.2, 0) is 0 Å². The van der Waals surface area contributed by atoms with Crippen LogP contribution in [0.3, 0.4) is 0 Å². The number of aryl methyl sites for hydroxylation is 2. The summed E-state index contributed by atoms with van der Waals surface area (Å²) in [6.07, 6.45) is 2.08. The third-order valence-electron chi connectivity index (χ3n) is 3.93. The zero-order valence-corrected chi connectivity index (χ0v) is 13.3. The van der Waals surface area contributed by atoms with E-state index < -0.39 is 0 Å².